The monoisotopic (exact) mass is 402 g/mol. The maximum absolute atomic E-state index is 12.3. The van der Waals surface area contributed by atoms with E-state index in [9.17, 15) is 4.79 Å². The van der Waals surface area contributed by atoms with Crippen molar-refractivity contribution < 1.29 is 4.79 Å². The number of aliphatic imine (C=N–C) groups is 1. The number of likely N-dealkylation sites (tertiary alicyclic amines) is 1. The molecule has 162 valence electrons. The molecule has 1 aromatic rings. The van der Waals surface area contributed by atoms with Gasteiger partial charge >= 0.3 is 0 Å². The first-order chi connectivity index (χ1) is 14.0. The summed E-state index contributed by atoms with van der Waals surface area (Å²) in [5, 5.41) is 9.88. The Morgan fingerprint density at radius 1 is 1.24 bits per heavy atom. The van der Waals surface area contributed by atoms with Crippen molar-refractivity contribution in [2.75, 3.05) is 53.9 Å². The highest BCUT2D eigenvalue weighted by Gasteiger charge is 2.19. The number of amides is 1. The molecule has 2 rings (SSSR count). The van der Waals surface area contributed by atoms with Crippen molar-refractivity contribution in [3.8, 4) is 0 Å². The molecular weight excluding hydrogens is 364 g/mol. The number of likely N-dealkylation sites (N-methyl/N-ethyl adjacent to an activating group) is 1. The first-order valence-electron chi connectivity index (χ1n) is 10.7. The number of hydrogen-bond acceptors (Lipinski definition) is 4. The summed E-state index contributed by atoms with van der Waals surface area (Å²) >= 11 is 0. The van der Waals surface area contributed by atoms with E-state index in [2.05, 4.69) is 32.8 Å². The molecule has 0 unspecified atom stereocenters. The number of rotatable bonds is 9. The van der Waals surface area contributed by atoms with Crippen LogP contribution in [0.3, 0.4) is 0 Å². The molecular formula is C22H38N6O. The summed E-state index contributed by atoms with van der Waals surface area (Å²) in [6.45, 7) is 7.82. The Hall–Kier alpha value is -2.12. The van der Waals surface area contributed by atoms with Crippen LogP contribution in [0.25, 0.3) is 0 Å². The van der Waals surface area contributed by atoms with Crippen LogP contribution in [0.2, 0.25) is 0 Å². The molecule has 0 saturated carbocycles. The Balaban J connectivity index is 1.80. The molecule has 3 N–H and O–H groups in total. The highest BCUT2D eigenvalue weighted by atomic mass is 16.1. The van der Waals surface area contributed by atoms with Gasteiger partial charge in [-0.1, -0.05) is 19.1 Å². The van der Waals surface area contributed by atoms with Gasteiger partial charge in [0.25, 0.3) is 5.91 Å². The third-order valence-electron chi connectivity index (χ3n) is 5.19. The first-order valence-corrected chi connectivity index (χ1v) is 10.7. The molecule has 7 nitrogen and oxygen atoms in total. The van der Waals surface area contributed by atoms with E-state index in [4.69, 9.17) is 0 Å². The summed E-state index contributed by atoms with van der Waals surface area (Å²) in [4.78, 5) is 21.3. The molecule has 29 heavy (non-hydrogen) atoms. The lowest BCUT2D eigenvalue weighted by Crippen LogP contribution is -2.48. The van der Waals surface area contributed by atoms with Crippen LogP contribution in [0.4, 0.5) is 0 Å². The van der Waals surface area contributed by atoms with Crippen LogP contribution >= 0.6 is 0 Å². The summed E-state index contributed by atoms with van der Waals surface area (Å²) in [5.41, 5.74) is 1.75. The van der Waals surface area contributed by atoms with Crippen LogP contribution in [-0.4, -0.2) is 81.6 Å². The van der Waals surface area contributed by atoms with Gasteiger partial charge in [-0.25, -0.2) is 0 Å². The molecule has 0 radical (unpaired) electrons. The van der Waals surface area contributed by atoms with Gasteiger partial charge in [0, 0.05) is 51.4 Å². The van der Waals surface area contributed by atoms with Crippen LogP contribution in [0, 0.1) is 0 Å². The average Bonchev–Trinajstić information content (AvgIpc) is 2.72. The predicted octanol–water partition coefficient (Wildman–Crippen LogP) is 1.52. The Kier molecular flexibility index (Phi) is 9.94. The van der Waals surface area contributed by atoms with Gasteiger partial charge in [-0.2, -0.15) is 0 Å². The second-order valence-corrected chi connectivity index (χ2v) is 7.95. The van der Waals surface area contributed by atoms with E-state index < -0.39 is 0 Å². The smallest absolute Gasteiger partial charge is 0.251 e. The summed E-state index contributed by atoms with van der Waals surface area (Å²) in [7, 11) is 5.79. The lowest BCUT2D eigenvalue weighted by molar-refractivity contribution is 0.0951. The maximum Gasteiger partial charge on any atom is 0.251 e. The first kappa shape index (κ1) is 23.2. The number of carbonyl (C=O) groups excluding carboxylic acids is 1. The molecule has 0 atom stereocenters. The Morgan fingerprint density at radius 3 is 2.66 bits per heavy atom. The number of benzene rings is 1. The number of piperidine rings is 1. The van der Waals surface area contributed by atoms with Crippen LogP contribution in [0.15, 0.2) is 29.3 Å². The van der Waals surface area contributed by atoms with E-state index in [1.807, 2.05) is 43.3 Å². The van der Waals surface area contributed by atoms with Crippen LogP contribution in [-0.2, 0) is 6.54 Å². The van der Waals surface area contributed by atoms with Crippen LogP contribution in [0.5, 0.6) is 0 Å². The molecule has 1 aliphatic rings. The Labute approximate surface area is 175 Å². The quantitative estimate of drug-likeness (QED) is 0.431. The fraction of sp³-hybridized carbons (Fsp3) is 0.636. The molecule has 7 heteroatoms. The second kappa shape index (κ2) is 12.4. The molecule has 0 bridgehead atoms. The summed E-state index contributed by atoms with van der Waals surface area (Å²) in [6.07, 6.45) is 3.50. The van der Waals surface area contributed by atoms with Crippen molar-refractivity contribution in [3.05, 3.63) is 35.4 Å². The van der Waals surface area contributed by atoms with Crippen LogP contribution in [0.1, 0.15) is 42.1 Å². The number of guanidine groups is 1. The largest absolute Gasteiger partial charge is 0.354 e. The molecule has 1 aliphatic heterocycles. The summed E-state index contributed by atoms with van der Waals surface area (Å²) < 4.78 is 0. The zero-order chi connectivity index (χ0) is 21.1. The lowest BCUT2D eigenvalue weighted by atomic mass is 10.1. The summed E-state index contributed by atoms with van der Waals surface area (Å²) in [5.74, 6) is 0.787. The van der Waals surface area contributed by atoms with Crippen molar-refractivity contribution in [2.45, 2.75) is 38.8 Å². The van der Waals surface area contributed by atoms with Gasteiger partial charge in [-0.05, 0) is 57.6 Å². The predicted molar refractivity (Wildman–Crippen MR) is 120 cm³/mol. The number of nitrogens with zero attached hydrogens (tertiary/aromatic N) is 3. The van der Waals surface area contributed by atoms with E-state index >= 15 is 0 Å². The van der Waals surface area contributed by atoms with Gasteiger partial charge in [0.2, 0.25) is 0 Å². The molecule has 0 spiro atoms. The van der Waals surface area contributed by atoms with Crippen molar-refractivity contribution in [2.24, 2.45) is 4.99 Å². The zero-order valence-electron chi connectivity index (χ0n) is 18.5. The maximum atomic E-state index is 12.3. The zero-order valence-corrected chi connectivity index (χ0v) is 18.5. The molecule has 0 aromatic heterocycles. The topological polar surface area (TPSA) is 72.0 Å². The Morgan fingerprint density at radius 2 is 2.00 bits per heavy atom. The van der Waals surface area contributed by atoms with Crippen LogP contribution < -0.4 is 16.0 Å². The fourth-order valence-corrected chi connectivity index (χ4v) is 3.51. The van der Waals surface area contributed by atoms with Crippen molar-refractivity contribution in [1.82, 2.24) is 25.8 Å². The average molecular weight is 403 g/mol. The standard InChI is InChI=1S/C22H38N6O/c1-5-12-28-13-9-20(10-14-28)26-22(23-2)25-17-18-7-6-8-19(16-18)21(29)24-11-15-27(3)4/h6-8,16,20H,5,9-15,17H2,1-4H3,(H,24,29)(H2,23,25,26). The lowest BCUT2D eigenvalue weighted by Gasteiger charge is -2.32. The van der Waals surface area contributed by atoms with Gasteiger partial charge in [-0.3, -0.25) is 9.79 Å². The molecule has 1 saturated heterocycles. The van der Waals surface area contributed by atoms with Gasteiger partial charge in [0.15, 0.2) is 5.96 Å². The summed E-state index contributed by atoms with van der Waals surface area (Å²) in [6, 6.07) is 8.21. The van der Waals surface area contributed by atoms with E-state index in [0.717, 1.165) is 44.0 Å². The highest BCUT2D eigenvalue weighted by Crippen LogP contribution is 2.10. The third-order valence-corrected chi connectivity index (χ3v) is 5.19. The molecule has 1 aromatic carbocycles. The number of carbonyl (C=O) groups is 1. The van der Waals surface area contributed by atoms with Gasteiger partial charge < -0.3 is 25.8 Å². The highest BCUT2D eigenvalue weighted by molar-refractivity contribution is 5.94. The van der Waals surface area contributed by atoms with E-state index in [1.54, 1.807) is 7.05 Å². The molecule has 1 amide bonds. The molecule has 1 heterocycles. The minimum atomic E-state index is -0.0324. The fourth-order valence-electron chi connectivity index (χ4n) is 3.51. The molecule has 0 aliphatic carbocycles. The minimum absolute atomic E-state index is 0.0324. The Bertz CT molecular complexity index is 652. The third kappa shape index (κ3) is 8.41. The van der Waals surface area contributed by atoms with Crippen molar-refractivity contribution in [3.63, 3.8) is 0 Å². The molecule has 1 fully saturated rings. The minimum Gasteiger partial charge on any atom is -0.354 e. The van der Waals surface area contributed by atoms with Crippen molar-refractivity contribution >= 4 is 11.9 Å². The van der Waals surface area contributed by atoms with E-state index in [0.29, 0.717) is 24.7 Å². The normalized spacial score (nSPS) is 16.1. The number of hydrogen-bond donors (Lipinski definition) is 3. The van der Waals surface area contributed by atoms with Crippen molar-refractivity contribution in [1.29, 1.82) is 0 Å². The van der Waals surface area contributed by atoms with Gasteiger partial charge in [0.05, 0.1) is 0 Å². The van der Waals surface area contributed by atoms with E-state index in [-0.39, 0.29) is 5.91 Å². The van der Waals surface area contributed by atoms with Gasteiger partial charge in [-0.15, -0.1) is 0 Å². The number of nitrogens with one attached hydrogen (secondary N) is 3. The second-order valence-electron chi connectivity index (χ2n) is 7.95. The van der Waals surface area contributed by atoms with E-state index in [1.165, 1.54) is 13.0 Å². The van der Waals surface area contributed by atoms with Gasteiger partial charge in [0.1, 0.15) is 0 Å². The SMILES string of the molecule is CCCN1CCC(NC(=NC)NCc2cccc(C(=O)NCCN(C)C)c2)CC1.